The Balaban J connectivity index is 2.03. The van der Waals surface area contributed by atoms with Gasteiger partial charge in [0.25, 0.3) is 5.91 Å². The van der Waals surface area contributed by atoms with Crippen molar-refractivity contribution < 1.29 is 4.79 Å². The average molecular weight is 346 g/mol. The summed E-state index contributed by atoms with van der Waals surface area (Å²) in [6, 6.07) is 5.24. The van der Waals surface area contributed by atoms with Gasteiger partial charge in [-0.3, -0.25) is 4.79 Å². The molecule has 0 aliphatic heterocycles. The van der Waals surface area contributed by atoms with E-state index in [9.17, 15) is 4.79 Å². The van der Waals surface area contributed by atoms with E-state index in [-0.39, 0.29) is 11.4 Å². The summed E-state index contributed by atoms with van der Waals surface area (Å²) in [6.45, 7) is 0.678. The van der Waals surface area contributed by atoms with Crippen LogP contribution >= 0.6 is 27.5 Å². The number of benzene rings is 1. The van der Waals surface area contributed by atoms with E-state index >= 15 is 0 Å². The smallest absolute Gasteiger partial charge is 0.252 e. The van der Waals surface area contributed by atoms with E-state index in [1.807, 2.05) is 0 Å². The molecule has 1 aromatic rings. The van der Waals surface area contributed by atoms with Gasteiger partial charge < -0.3 is 10.2 Å². The Morgan fingerprint density at radius 3 is 2.68 bits per heavy atom. The zero-order valence-corrected chi connectivity index (χ0v) is 13.5. The van der Waals surface area contributed by atoms with Crippen LogP contribution < -0.4 is 5.32 Å². The second kappa shape index (κ2) is 5.81. The molecular weight excluding hydrogens is 328 g/mol. The van der Waals surface area contributed by atoms with Crippen molar-refractivity contribution in [3.8, 4) is 0 Å². The third kappa shape index (κ3) is 3.12. The molecule has 0 saturated heterocycles. The molecular formula is C14H18BrClN2O. The molecule has 0 radical (unpaired) electrons. The van der Waals surface area contributed by atoms with Crippen LogP contribution in [0.4, 0.5) is 0 Å². The minimum atomic E-state index is -0.0810. The number of nitrogens with one attached hydrogen (secondary N) is 1. The summed E-state index contributed by atoms with van der Waals surface area (Å²) in [6.07, 6.45) is 3.50. The number of carbonyl (C=O) groups is 1. The van der Waals surface area contributed by atoms with E-state index in [2.05, 4.69) is 40.2 Å². The Labute approximate surface area is 127 Å². The fourth-order valence-corrected chi connectivity index (χ4v) is 2.98. The zero-order valence-electron chi connectivity index (χ0n) is 11.2. The van der Waals surface area contributed by atoms with Crippen molar-refractivity contribution >= 4 is 33.4 Å². The van der Waals surface area contributed by atoms with Gasteiger partial charge in [0.2, 0.25) is 0 Å². The van der Waals surface area contributed by atoms with Crippen LogP contribution in [0.5, 0.6) is 0 Å². The number of carbonyl (C=O) groups excluding carboxylic acids is 1. The summed E-state index contributed by atoms with van der Waals surface area (Å²) in [5.74, 6) is -0.0810. The Bertz CT molecular complexity index is 486. The first-order valence-electron chi connectivity index (χ1n) is 6.35. The van der Waals surface area contributed by atoms with Crippen LogP contribution in [-0.2, 0) is 0 Å². The highest BCUT2D eigenvalue weighted by Crippen LogP contribution is 2.35. The molecule has 104 valence electrons. The first-order valence-corrected chi connectivity index (χ1v) is 7.52. The van der Waals surface area contributed by atoms with E-state index in [0.717, 1.165) is 17.3 Å². The number of halogens is 2. The van der Waals surface area contributed by atoms with Crippen LogP contribution in [0.3, 0.4) is 0 Å². The quantitative estimate of drug-likeness (QED) is 0.908. The van der Waals surface area contributed by atoms with E-state index in [1.165, 1.54) is 6.42 Å². The van der Waals surface area contributed by atoms with Gasteiger partial charge in [-0.15, -0.1) is 0 Å². The maximum absolute atomic E-state index is 12.2. The summed E-state index contributed by atoms with van der Waals surface area (Å²) in [4.78, 5) is 14.4. The monoisotopic (exact) mass is 344 g/mol. The SMILES string of the molecule is CN(C)C1(CNC(=O)c2cc(Cl)ccc2Br)CCC1. The lowest BCUT2D eigenvalue weighted by Crippen LogP contribution is -2.57. The molecule has 0 heterocycles. The lowest BCUT2D eigenvalue weighted by atomic mass is 9.75. The molecule has 1 aromatic carbocycles. The van der Waals surface area contributed by atoms with Crippen LogP contribution in [0, 0.1) is 0 Å². The third-order valence-corrected chi connectivity index (χ3v) is 4.91. The van der Waals surface area contributed by atoms with E-state index < -0.39 is 0 Å². The van der Waals surface area contributed by atoms with Gasteiger partial charge in [0.1, 0.15) is 0 Å². The molecule has 1 amide bonds. The van der Waals surface area contributed by atoms with Gasteiger partial charge in [0, 0.05) is 21.6 Å². The fourth-order valence-electron chi connectivity index (χ4n) is 2.38. The molecule has 1 fully saturated rings. The zero-order chi connectivity index (χ0) is 14.0. The van der Waals surface area contributed by atoms with Crippen LogP contribution in [0.25, 0.3) is 0 Å². The number of hydrogen-bond acceptors (Lipinski definition) is 2. The normalized spacial score (nSPS) is 17.1. The highest BCUT2D eigenvalue weighted by atomic mass is 79.9. The Morgan fingerprint density at radius 2 is 2.16 bits per heavy atom. The average Bonchev–Trinajstić information content (AvgIpc) is 2.30. The van der Waals surface area contributed by atoms with E-state index in [1.54, 1.807) is 18.2 Å². The summed E-state index contributed by atoms with van der Waals surface area (Å²) in [5.41, 5.74) is 0.710. The maximum Gasteiger partial charge on any atom is 0.252 e. The van der Waals surface area contributed by atoms with Gasteiger partial charge >= 0.3 is 0 Å². The Morgan fingerprint density at radius 1 is 1.47 bits per heavy atom. The lowest BCUT2D eigenvalue weighted by Gasteiger charge is -2.47. The molecule has 5 heteroatoms. The van der Waals surface area contributed by atoms with Crippen molar-refractivity contribution in [2.75, 3.05) is 20.6 Å². The molecule has 0 aromatic heterocycles. The highest BCUT2D eigenvalue weighted by molar-refractivity contribution is 9.10. The van der Waals surface area contributed by atoms with Crippen molar-refractivity contribution in [2.45, 2.75) is 24.8 Å². The van der Waals surface area contributed by atoms with Gasteiger partial charge in [-0.2, -0.15) is 0 Å². The summed E-state index contributed by atoms with van der Waals surface area (Å²) in [7, 11) is 4.14. The molecule has 1 aliphatic carbocycles. The first-order chi connectivity index (χ1) is 8.94. The summed E-state index contributed by atoms with van der Waals surface area (Å²) < 4.78 is 0.766. The number of hydrogen-bond donors (Lipinski definition) is 1. The van der Waals surface area contributed by atoms with Crippen LogP contribution in [-0.4, -0.2) is 37.0 Å². The van der Waals surface area contributed by atoms with Crippen molar-refractivity contribution in [3.05, 3.63) is 33.3 Å². The number of amides is 1. The van der Waals surface area contributed by atoms with Crippen LogP contribution in [0.2, 0.25) is 5.02 Å². The predicted molar refractivity (Wildman–Crippen MR) is 81.8 cm³/mol. The van der Waals surface area contributed by atoms with Crippen molar-refractivity contribution in [1.29, 1.82) is 0 Å². The molecule has 1 saturated carbocycles. The third-order valence-electron chi connectivity index (χ3n) is 3.98. The second-order valence-electron chi connectivity index (χ2n) is 5.28. The minimum Gasteiger partial charge on any atom is -0.350 e. The number of rotatable bonds is 4. The fraction of sp³-hybridized carbons (Fsp3) is 0.500. The predicted octanol–water partition coefficient (Wildman–Crippen LogP) is 3.32. The Hall–Kier alpha value is -0.580. The van der Waals surface area contributed by atoms with Crippen molar-refractivity contribution in [3.63, 3.8) is 0 Å². The van der Waals surface area contributed by atoms with Gasteiger partial charge in [-0.25, -0.2) is 0 Å². The first kappa shape index (κ1) is 14.8. The number of likely N-dealkylation sites (N-methyl/N-ethyl adjacent to an activating group) is 1. The van der Waals surface area contributed by atoms with Gasteiger partial charge in [0.15, 0.2) is 0 Å². The Kier molecular flexibility index (Phi) is 4.54. The summed E-state index contributed by atoms with van der Waals surface area (Å²) in [5, 5.41) is 3.59. The van der Waals surface area contributed by atoms with Gasteiger partial charge in [0.05, 0.1) is 5.56 Å². The molecule has 19 heavy (non-hydrogen) atoms. The molecule has 0 unspecified atom stereocenters. The summed E-state index contributed by atoms with van der Waals surface area (Å²) >= 11 is 9.31. The highest BCUT2D eigenvalue weighted by Gasteiger charge is 2.39. The molecule has 0 atom stereocenters. The second-order valence-corrected chi connectivity index (χ2v) is 6.57. The largest absolute Gasteiger partial charge is 0.350 e. The van der Waals surface area contributed by atoms with Crippen molar-refractivity contribution in [2.24, 2.45) is 0 Å². The van der Waals surface area contributed by atoms with Crippen LogP contribution in [0.1, 0.15) is 29.6 Å². The maximum atomic E-state index is 12.2. The van der Waals surface area contributed by atoms with E-state index in [4.69, 9.17) is 11.6 Å². The van der Waals surface area contributed by atoms with E-state index in [0.29, 0.717) is 17.1 Å². The molecule has 0 spiro atoms. The topological polar surface area (TPSA) is 32.3 Å². The van der Waals surface area contributed by atoms with Gasteiger partial charge in [-0.05, 0) is 67.5 Å². The minimum absolute atomic E-state index is 0.0810. The standard InChI is InChI=1S/C14H18BrClN2O/c1-18(2)14(6-3-7-14)9-17-13(19)11-8-10(16)4-5-12(11)15/h4-5,8H,3,6-7,9H2,1-2H3,(H,17,19). The van der Waals surface area contributed by atoms with Gasteiger partial charge in [-0.1, -0.05) is 11.6 Å². The molecule has 2 rings (SSSR count). The lowest BCUT2D eigenvalue weighted by molar-refractivity contribution is 0.0557. The molecule has 1 N–H and O–H groups in total. The molecule has 1 aliphatic rings. The number of nitrogens with zero attached hydrogens (tertiary/aromatic N) is 1. The molecule has 3 nitrogen and oxygen atoms in total. The van der Waals surface area contributed by atoms with Crippen molar-refractivity contribution in [1.82, 2.24) is 10.2 Å². The van der Waals surface area contributed by atoms with Crippen LogP contribution in [0.15, 0.2) is 22.7 Å². The molecule has 0 bridgehead atoms.